The summed E-state index contributed by atoms with van der Waals surface area (Å²) in [7, 11) is 3.84. The molecule has 0 aliphatic rings. The number of nitrogens with zero attached hydrogens (tertiary/aromatic N) is 1. The fourth-order valence-corrected chi connectivity index (χ4v) is 1.58. The summed E-state index contributed by atoms with van der Waals surface area (Å²) in [6.07, 6.45) is -5.32. The first-order chi connectivity index (χ1) is 8.80. The number of hydrogen-bond acceptors (Lipinski definition) is 3. The number of alkyl halides is 3. The van der Waals surface area contributed by atoms with Gasteiger partial charge in [-0.15, -0.1) is 0 Å². The zero-order chi connectivity index (χ0) is 14.5. The summed E-state index contributed by atoms with van der Waals surface area (Å²) in [5, 5.41) is 12.8. The number of rotatable bonds is 6. The highest BCUT2D eigenvalue weighted by molar-refractivity contribution is 5.27. The molecule has 19 heavy (non-hydrogen) atoms. The van der Waals surface area contributed by atoms with Crippen LogP contribution in [0.3, 0.4) is 0 Å². The van der Waals surface area contributed by atoms with Gasteiger partial charge in [-0.2, -0.15) is 13.2 Å². The van der Waals surface area contributed by atoms with E-state index in [1.54, 1.807) is 0 Å². The molecule has 0 spiro atoms. The molecule has 0 aliphatic carbocycles. The standard InChI is InChI=1S/C13H19F3N2O/c1-18(2)7-6-17-9-12(19)10-4-3-5-11(8-10)13(14,15)16/h3-5,8,12,17,19H,6-7,9H2,1-2H3. The summed E-state index contributed by atoms with van der Waals surface area (Å²) in [6, 6.07) is 4.78. The van der Waals surface area contributed by atoms with Gasteiger partial charge in [0.2, 0.25) is 0 Å². The SMILES string of the molecule is CN(C)CCNCC(O)c1cccc(C(F)(F)F)c1. The maximum atomic E-state index is 12.5. The first-order valence-electron chi connectivity index (χ1n) is 6.01. The van der Waals surface area contributed by atoms with E-state index in [2.05, 4.69) is 5.32 Å². The van der Waals surface area contributed by atoms with E-state index in [1.165, 1.54) is 12.1 Å². The molecule has 0 amide bonds. The number of aliphatic hydroxyl groups is 1. The van der Waals surface area contributed by atoms with Gasteiger partial charge in [-0.25, -0.2) is 0 Å². The van der Waals surface area contributed by atoms with Gasteiger partial charge in [0.05, 0.1) is 11.7 Å². The van der Waals surface area contributed by atoms with Gasteiger partial charge in [0.15, 0.2) is 0 Å². The van der Waals surface area contributed by atoms with Crippen molar-refractivity contribution >= 4 is 0 Å². The summed E-state index contributed by atoms with van der Waals surface area (Å²) in [6.45, 7) is 1.70. The van der Waals surface area contributed by atoms with Gasteiger partial charge in [-0.3, -0.25) is 0 Å². The molecule has 1 rings (SSSR count). The molecule has 0 saturated heterocycles. The van der Waals surface area contributed by atoms with Crippen molar-refractivity contribution in [1.29, 1.82) is 0 Å². The van der Waals surface area contributed by atoms with Crippen LogP contribution in [-0.4, -0.2) is 43.7 Å². The first-order valence-corrected chi connectivity index (χ1v) is 6.01. The Hall–Kier alpha value is -1.11. The zero-order valence-corrected chi connectivity index (χ0v) is 11.0. The summed E-state index contributed by atoms with van der Waals surface area (Å²) >= 11 is 0. The minimum atomic E-state index is -4.38. The average molecular weight is 276 g/mol. The molecule has 0 saturated carbocycles. The maximum absolute atomic E-state index is 12.5. The number of halogens is 3. The maximum Gasteiger partial charge on any atom is 0.416 e. The van der Waals surface area contributed by atoms with Crippen LogP contribution in [0.25, 0.3) is 0 Å². The molecule has 1 atom stereocenters. The molecule has 0 aromatic heterocycles. The molecule has 0 radical (unpaired) electrons. The van der Waals surface area contributed by atoms with Crippen molar-refractivity contribution in [3.05, 3.63) is 35.4 Å². The third-order valence-electron chi connectivity index (χ3n) is 2.67. The molecular weight excluding hydrogens is 257 g/mol. The Balaban J connectivity index is 2.55. The summed E-state index contributed by atoms with van der Waals surface area (Å²) < 4.78 is 37.6. The molecule has 0 fully saturated rings. The van der Waals surface area contributed by atoms with Crippen LogP contribution in [0.15, 0.2) is 24.3 Å². The van der Waals surface area contributed by atoms with E-state index < -0.39 is 17.8 Å². The van der Waals surface area contributed by atoms with Gasteiger partial charge in [-0.05, 0) is 31.8 Å². The van der Waals surface area contributed by atoms with E-state index in [0.29, 0.717) is 6.54 Å². The second-order valence-corrected chi connectivity index (χ2v) is 4.65. The van der Waals surface area contributed by atoms with Crippen LogP contribution in [0.4, 0.5) is 13.2 Å². The molecule has 2 N–H and O–H groups in total. The smallest absolute Gasteiger partial charge is 0.387 e. The molecule has 6 heteroatoms. The normalized spacial score (nSPS) is 13.8. The van der Waals surface area contributed by atoms with Crippen LogP contribution in [0.1, 0.15) is 17.2 Å². The lowest BCUT2D eigenvalue weighted by molar-refractivity contribution is -0.137. The van der Waals surface area contributed by atoms with Crippen LogP contribution in [0.5, 0.6) is 0 Å². The third-order valence-corrected chi connectivity index (χ3v) is 2.67. The van der Waals surface area contributed by atoms with E-state index in [4.69, 9.17) is 0 Å². The number of nitrogens with one attached hydrogen (secondary N) is 1. The van der Waals surface area contributed by atoms with Gasteiger partial charge in [0, 0.05) is 19.6 Å². The molecule has 1 aromatic rings. The highest BCUT2D eigenvalue weighted by Crippen LogP contribution is 2.30. The first kappa shape index (κ1) is 15.9. The molecule has 1 aromatic carbocycles. The molecule has 0 heterocycles. The number of aliphatic hydroxyl groups excluding tert-OH is 1. The van der Waals surface area contributed by atoms with Gasteiger partial charge in [0.25, 0.3) is 0 Å². The van der Waals surface area contributed by atoms with E-state index in [-0.39, 0.29) is 12.1 Å². The predicted octanol–water partition coefficient (Wildman–Crippen LogP) is 1.89. The highest BCUT2D eigenvalue weighted by atomic mass is 19.4. The van der Waals surface area contributed by atoms with E-state index >= 15 is 0 Å². The quantitative estimate of drug-likeness (QED) is 0.779. The van der Waals surface area contributed by atoms with Gasteiger partial charge in [-0.1, -0.05) is 12.1 Å². The van der Waals surface area contributed by atoms with Crippen molar-refractivity contribution in [2.45, 2.75) is 12.3 Å². The third kappa shape index (κ3) is 5.59. The van der Waals surface area contributed by atoms with Crippen LogP contribution >= 0.6 is 0 Å². The minimum absolute atomic E-state index is 0.231. The van der Waals surface area contributed by atoms with Gasteiger partial charge in [0.1, 0.15) is 0 Å². The van der Waals surface area contributed by atoms with Crippen molar-refractivity contribution in [2.24, 2.45) is 0 Å². The largest absolute Gasteiger partial charge is 0.416 e. The van der Waals surface area contributed by atoms with Crippen LogP contribution < -0.4 is 5.32 Å². The van der Waals surface area contributed by atoms with E-state index in [9.17, 15) is 18.3 Å². The Kier molecular flexibility index (Phi) is 5.78. The highest BCUT2D eigenvalue weighted by Gasteiger charge is 2.30. The molecule has 0 bridgehead atoms. The van der Waals surface area contributed by atoms with Crippen LogP contribution in [0, 0.1) is 0 Å². The lowest BCUT2D eigenvalue weighted by Gasteiger charge is -2.15. The molecule has 0 aliphatic heterocycles. The second-order valence-electron chi connectivity index (χ2n) is 4.65. The predicted molar refractivity (Wildman–Crippen MR) is 67.8 cm³/mol. The average Bonchev–Trinajstić information content (AvgIpc) is 2.33. The fourth-order valence-electron chi connectivity index (χ4n) is 1.58. The summed E-state index contributed by atoms with van der Waals surface area (Å²) in [4.78, 5) is 1.98. The Morgan fingerprint density at radius 1 is 1.32 bits per heavy atom. The van der Waals surface area contributed by atoms with Crippen molar-refractivity contribution in [3.8, 4) is 0 Å². The van der Waals surface area contributed by atoms with Crippen molar-refractivity contribution in [1.82, 2.24) is 10.2 Å². The number of likely N-dealkylation sites (N-methyl/N-ethyl adjacent to an activating group) is 1. The molecule has 108 valence electrons. The summed E-state index contributed by atoms with van der Waals surface area (Å²) in [5.74, 6) is 0. The Morgan fingerprint density at radius 3 is 2.58 bits per heavy atom. The van der Waals surface area contributed by atoms with Crippen LogP contribution in [0.2, 0.25) is 0 Å². The second kappa shape index (κ2) is 6.88. The van der Waals surface area contributed by atoms with Crippen molar-refractivity contribution < 1.29 is 18.3 Å². The topological polar surface area (TPSA) is 35.5 Å². The number of benzene rings is 1. The number of hydrogen-bond donors (Lipinski definition) is 2. The molecule has 1 unspecified atom stereocenters. The van der Waals surface area contributed by atoms with Crippen molar-refractivity contribution in [2.75, 3.05) is 33.7 Å². The Bertz CT molecular complexity index is 394. The Morgan fingerprint density at radius 2 is 2.00 bits per heavy atom. The Labute approximate surface area is 111 Å². The van der Waals surface area contributed by atoms with E-state index in [0.717, 1.165) is 18.7 Å². The molecule has 3 nitrogen and oxygen atoms in total. The van der Waals surface area contributed by atoms with Gasteiger partial charge < -0.3 is 15.3 Å². The lowest BCUT2D eigenvalue weighted by Crippen LogP contribution is -2.29. The van der Waals surface area contributed by atoms with E-state index in [1.807, 2.05) is 19.0 Å². The zero-order valence-electron chi connectivity index (χ0n) is 11.0. The molecular formula is C13H19F3N2O. The van der Waals surface area contributed by atoms with Gasteiger partial charge >= 0.3 is 6.18 Å². The summed E-state index contributed by atoms with van der Waals surface area (Å²) in [5.41, 5.74) is -0.468. The van der Waals surface area contributed by atoms with Crippen LogP contribution in [-0.2, 0) is 6.18 Å². The fraction of sp³-hybridized carbons (Fsp3) is 0.538. The van der Waals surface area contributed by atoms with Crippen molar-refractivity contribution in [3.63, 3.8) is 0 Å². The monoisotopic (exact) mass is 276 g/mol. The minimum Gasteiger partial charge on any atom is -0.387 e. The lowest BCUT2D eigenvalue weighted by atomic mass is 10.1.